The fraction of sp³-hybridized carbons (Fsp3) is 0.400. The SMILES string of the molecule is CCC(CO)NC(=O)c1ccncc1O. The number of aliphatic hydroxyl groups excluding tert-OH is 1. The van der Waals surface area contributed by atoms with Crippen molar-refractivity contribution in [3.05, 3.63) is 24.0 Å². The minimum atomic E-state index is -0.407. The molecule has 1 aromatic rings. The zero-order valence-corrected chi connectivity index (χ0v) is 8.47. The Bertz CT molecular complexity index is 337. The standard InChI is InChI=1S/C10H14N2O3/c1-2-7(6-13)12-10(15)8-3-4-11-5-9(8)14/h3-5,7,13-14H,2,6H2,1H3,(H,12,15). The molecule has 1 unspecified atom stereocenters. The largest absolute Gasteiger partial charge is 0.505 e. The molecule has 1 rings (SSSR count). The Balaban J connectivity index is 2.73. The van der Waals surface area contributed by atoms with Crippen LogP contribution in [0.3, 0.4) is 0 Å². The first-order valence-electron chi connectivity index (χ1n) is 4.73. The molecule has 0 aromatic carbocycles. The Morgan fingerprint density at radius 3 is 2.93 bits per heavy atom. The third-order valence-corrected chi connectivity index (χ3v) is 2.09. The van der Waals surface area contributed by atoms with Gasteiger partial charge in [-0.15, -0.1) is 0 Å². The molecule has 15 heavy (non-hydrogen) atoms. The summed E-state index contributed by atoms with van der Waals surface area (Å²) in [6, 6.07) is 1.14. The Morgan fingerprint density at radius 1 is 1.67 bits per heavy atom. The first-order chi connectivity index (χ1) is 7.19. The minimum Gasteiger partial charge on any atom is -0.505 e. The molecule has 3 N–H and O–H groups in total. The summed E-state index contributed by atoms with van der Waals surface area (Å²) in [5.74, 6) is -0.571. The number of carbonyl (C=O) groups is 1. The van der Waals surface area contributed by atoms with Crippen LogP contribution in [-0.2, 0) is 0 Å². The minimum absolute atomic E-state index is 0.117. The summed E-state index contributed by atoms with van der Waals surface area (Å²) in [4.78, 5) is 15.3. The van der Waals surface area contributed by atoms with Crippen molar-refractivity contribution in [2.24, 2.45) is 0 Å². The number of hydrogen-bond acceptors (Lipinski definition) is 4. The molecule has 1 aromatic heterocycles. The summed E-state index contributed by atoms with van der Waals surface area (Å²) in [5.41, 5.74) is 0.164. The molecule has 0 radical (unpaired) electrons. The molecule has 0 bridgehead atoms. The van der Waals surface area contributed by atoms with E-state index < -0.39 is 5.91 Å². The number of nitrogens with one attached hydrogen (secondary N) is 1. The highest BCUT2D eigenvalue weighted by Crippen LogP contribution is 2.13. The van der Waals surface area contributed by atoms with Crippen LogP contribution in [0.1, 0.15) is 23.7 Å². The Kier molecular flexibility index (Phi) is 4.05. The highest BCUT2D eigenvalue weighted by atomic mass is 16.3. The lowest BCUT2D eigenvalue weighted by Crippen LogP contribution is -2.36. The maximum atomic E-state index is 11.6. The Hall–Kier alpha value is -1.62. The molecule has 82 valence electrons. The second-order valence-corrected chi connectivity index (χ2v) is 3.15. The Morgan fingerprint density at radius 2 is 2.40 bits per heavy atom. The molecule has 1 amide bonds. The predicted octanol–water partition coefficient (Wildman–Crippen LogP) is 0.288. The van der Waals surface area contributed by atoms with Gasteiger partial charge >= 0.3 is 0 Å². The normalized spacial score (nSPS) is 12.1. The molecule has 1 atom stereocenters. The highest BCUT2D eigenvalue weighted by Gasteiger charge is 2.14. The molecular weight excluding hydrogens is 196 g/mol. The van der Waals surface area contributed by atoms with Gasteiger partial charge in [0.2, 0.25) is 0 Å². The number of amides is 1. The molecule has 0 saturated heterocycles. The lowest BCUT2D eigenvalue weighted by Gasteiger charge is -2.14. The monoisotopic (exact) mass is 210 g/mol. The smallest absolute Gasteiger partial charge is 0.255 e. The first-order valence-corrected chi connectivity index (χ1v) is 4.73. The fourth-order valence-corrected chi connectivity index (χ4v) is 1.12. The van der Waals surface area contributed by atoms with Crippen molar-refractivity contribution < 1.29 is 15.0 Å². The van der Waals surface area contributed by atoms with Crippen LogP contribution in [0, 0.1) is 0 Å². The van der Waals surface area contributed by atoms with Gasteiger partial charge in [-0.05, 0) is 12.5 Å². The average molecular weight is 210 g/mol. The number of hydrogen-bond donors (Lipinski definition) is 3. The second kappa shape index (κ2) is 5.31. The van der Waals surface area contributed by atoms with E-state index in [-0.39, 0.29) is 24.0 Å². The van der Waals surface area contributed by atoms with E-state index in [0.29, 0.717) is 6.42 Å². The van der Waals surface area contributed by atoms with Gasteiger partial charge < -0.3 is 15.5 Å². The summed E-state index contributed by atoms with van der Waals surface area (Å²) in [6.07, 6.45) is 3.26. The van der Waals surface area contributed by atoms with E-state index in [1.807, 2.05) is 6.92 Å². The molecular formula is C10H14N2O3. The van der Waals surface area contributed by atoms with E-state index in [1.165, 1.54) is 18.5 Å². The predicted molar refractivity (Wildman–Crippen MR) is 54.5 cm³/mol. The number of aromatic hydroxyl groups is 1. The van der Waals surface area contributed by atoms with Crippen LogP contribution in [0.2, 0.25) is 0 Å². The van der Waals surface area contributed by atoms with E-state index in [2.05, 4.69) is 10.3 Å². The van der Waals surface area contributed by atoms with E-state index in [9.17, 15) is 9.90 Å². The number of nitrogens with zero attached hydrogens (tertiary/aromatic N) is 1. The van der Waals surface area contributed by atoms with Gasteiger partial charge in [-0.3, -0.25) is 9.78 Å². The van der Waals surface area contributed by atoms with Gasteiger partial charge in [0.05, 0.1) is 24.4 Å². The lowest BCUT2D eigenvalue weighted by molar-refractivity contribution is 0.0912. The molecule has 5 heteroatoms. The van der Waals surface area contributed by atoms with Gasteiger partial charge in [0, 0.05) is 6.20 Å². The summed E-state index contributed by atoms with van der Waals surface area (Å²) >= 11 is 0. The van der Waals surface area contributed by atoms with Gasteiger partial charge in [0.1, 0.15) is 5.75 Å². The van der Waals surface area contributed by atoms with E-state index in [4.69, 9.17) is 5.11 Å². The topological polar surface area (TPSA) is 82.5 Å². The highest BCUT2D eigenvalue weighted by molar-refractivity contribution is 5.96. The second-order valence-electron chi connectivity index (χ2n) is 3.15. The summed E-state index contributed by atoms with van der Waals surface area (Å²) in [5, 5.41) is 20.9. The van der Waals surface area contributed by atoms with Gasteiger partial charge in [0.15, 0.2) is 0 Å². The van der Waals surface area contributed by atoms with Gasteiger partial charge in [-0.2, -0.15) is 0 Å². The van der Waals surface area contributed by atoms with Crippen molar-refractivity contribution >= 4 is 5.91 Å². The molecule has 0 aliphatic carbocycles. The summed E-state index contributed by atoms with van der Waals surface area (Å²) in [6.45, 7) is 1.74. The Labute approximate surface area is 87.8 Å². The number of carbonyl (C=O) groups excluding carboxylic acids is 1. The third kappa shape index (κ3) is 2.92. The zero-order valence-electron chi connectivity index (χ0n) is 8.47. The van der Waals surface area contributed by atoms with Crippen LogP contribution in [0.4, 0.5) is 0 Å². The van der Waals surface area contributed by atoms with Crippen LogP contribution in [0.5, 0.6) is 5.75 Å². The maximum Gasteiger partial charge on any atom is 0.255 e. The van der Waals surface area contributed by atoms with Crippen molar-refractivity contribution in [1.82, 2.24) is 10.3 Å². The lowest BCUT2D eigenvalue weighted by atomic mass is 10.2. The number of pyridine rings is 1. The molecule has 0 aliphatic rings. The van der Waals surface area contributed by atoms with Crippen LogP contribution >= 0.6 is 0 Å². The van der Waals surface area contributed by atoms with Crippen molar-refractivity contribution in [3.63, 3.8) is 0 Å². The van der Waals surface area contributed by atoms with Crippen molar-refractivity contribution in [3.8, 4) is 5.75 Å². The number of rotatable bonds is 4. The average Bonchev–Trinajstić information content (AvgIpc) is 2.26. The van der Waals surface area contributed by atoms with E-state index >= 15 is 0 Å². The molecule has 0 spiro atoms. The van der Waals surface area contributed by atoms with Crippen LogP contribution in [0.25, 0.3) is 0 Å². The van der Waals surface area contributed by atoms with Crippen LogP contribution in [-0.4, -0.2) is 33.8 Å². The third-order valence-electron chi connectivity index (χ3n) is 2.09. The molecule has 0 fully saturated rings. The first kappa shape index (κ1) is 11.5. The summed E-state index contributed by atoms with van der Waals surface area (Å²) in [7, 11) is 0. The maximum absolute atomic E-state index is 11.6. The number of aromatic nitrogens is 1. The van der Waals surface area contributed by atoms with Gasteiger partial charge in [-0.1, -0.05) is 6.92 Å². The fourth-order valence-electron chi connectivity index (χ4n) is 1.12. The van der Waals surface area contributed by atoms with Crippen molar-refractivity contribution in [2.75, 3.05) is 6.61 Å². The summed E-state index contributed by atoms with van der Waals surface area (Å²) < 4.78 is 0. The van der Waals surface area contributed by atoms with Crippen LogP contribution < -0.4 is 5.32 Å². The zero-order chi connectivity index (χ0) is 11.3. The van der Waals surface area contributed by atoms with Crippen molar-refractivity contribution in [1.29, 1.82) is 0 Å². The molecule has 0 saturated carbocycles. The van der Waals surface area contributed by atoms with Gasteiger partial charge in [-0.25, -0.2) is 0 Å². The molecule has 5 nitrogen and oxygen atoms in total. The molecule has 1 heterocycles. The van der Waals surface area contributed by atoms with Gasteiger partial charge in [0.25, 0.3) is 5.91 Å². The van der Waals surface area contributed by atoms with Crippen molar-refractivity contribution in [2.45, 2.75) is 19.4 Å². The van der Waals surface area contributed by atoms with E-state index in [0.717, 1.165) is 0 Å². The van der Waals surface area contributed by atoms with E-state index in [1.54, 1.807) is 0 Å². The van der Waals surface area contributed by atoms with Crippen LogP contribution in [0.15, 0.2) is 18.5 Å². The quantitative estimate of drug-likeness (QED) is 0.667. The molecule has 0 aliphatic heterocycles. The number of aliphatic hydroxyl groups is 1.